The zero-order valence-electron chi connectivity index (χ0n) is 10.5. The van der Waals surface area contributed by atoms with E-state index in [4.69, 9.17) is 5.73 Å². The Labute approximate surface area is 112 Å². The summed E-state index contributed by atoms with van der Waals surface area (Å²) in [6, 6.07) is 6.43. The van der Waals surface area contributed by atoms with Crippen molar-refractivity contribution in [3.05, 3.63) is 47.8 Å². The van der Waals surface area contributed by atoms with Gasteiger partial charge in [-0.25, -0.2) is 13.1 Å². The summed E-state index contributed by atoms with van der Waals surface area (Å²) in [4.78, 5) is 0.223. The Bertz CT molecular complexity index is 618. The SMILES string of the molecule is CC(N)c1ccc(S(=O)(=O)NCc2cn[nH]c2)cc1. The fourth-order valence-electron chi connectivity index (χ4n) is 1.59. The minimum absolute atomic E-state index is 0.115. The summed E-state index contributed by atoms with van der Waals surface area (Å²) in [6.07, 6.45) is 3.21. The Kier molecular flexibility index (Phi) is 3.98. The molecule has 1 aromatic heterocycles. The van der Waals surface area contributed by atoms with E-state index in [0.29, 0.717) is 0 Å². The van der Waals surface area contributed by atoms with Crippen LogP contribution in [-0.4, -0.2) is 18.6 Å². The first-order valence-corrected chi connectivity index (χ1v) is 7.30. The molecular weight excluding hydrogens is 264 g/mol. The van der Waals surface area contributed by atoms with E-state index in [-0.39, 0.29) is 17.5 Å². The molecule has 19 heavy (non-hydrogen) atoms. The third kappa shape index (κ3) is 3.40. The predicted octanol–water partition coefficient (Wildman–Crippen LogP) is 0.908. The normalized spacial score (nSPS) is 13.4. The lowest BCUT2D eigenvalue weighted by Gasteiger charge is -2.08. The molecule has 0 fully saturated rings. The molecule has 0 aliphatic carbocycles. The fourth-order valence-corrected chi connectivity index (χ4v) is 2.60. The van der Waals surface area contributed by atoms with E-state index in [1.807, 2.05) is 6.92 Å². The summed E-state index contributed by atoms with van der Waals surface area (Å²) in [5, 5.41) is 6.38. The van der Waals surface area contributed by atoms with Crippen LogP contribution < -0.4 is 10.5 Å². The maximum Gasteiger partial charge on any atom is 0.240 e. The van der Waals surface area contributed by atoms with Crippen molar-refractivity contribution in [1.29, 1.82) is 0 Å². The lowest BCUT2D eigenvalue weighted by molar-refractivity contribution is 0.581. The van der Waals surface area contributed by atoms with Gasteiger partial charge in [0.05, 0.1) is 11.1 Å². The Morgan fingerprint density at radius 3 is 2.58 bits per heavy atom. The molecule has 0 amide bonds. The average molecular weight is 280 g/mol. The van der Waals surface area contributed by atoms with Crippen LogP contribution in [0.25, 0.3) is 0 Å². The van der Waals surface area contributed by atoms with E-state index in [1.54, 1.807) is 36.7 Å². The highest BCUT2D eigenvalue weighted by Gasteiger charge is 2.14. The standard InChI is InChI=1S/C12H16N4O2S/c1-9(13)11-2-4-12(5-3-11)19(17,18)16-8-10-6-14-15-7-10/h2-7,9,16H,8,13H2,1H3,(H,14,15). The molecule has 0 bridgehead atoms. The van der Waals surface area contributed by atoms with Crippen molar-refractivity contribution < 1.29 is 8.42 Å². The zero-order valence-corrected chi connectivity index (χ0v) is 11.3. The molecule has 0 saturated heterocycles. The van der Waals surface area contributed by atoms with Crippen LogP contribution in [0.1, 0.15) is 24.1 Å². The van der Waals surface area contributed by atoms with Crippen LogP contribution in [0.4, 0.5) is 0 Å². The van der Waals surface area contributed by atoms with Crippen molar-refractivity contribution in [1.82, 2.24) is 14.9 Å². The van der Waals surface area contributed by atoms with E-state index >= 15 is 0 Å². The molecule has 1 unspecified atom stereocenters. The third-order valence-corrected chi connectivity index (χ3v) is 4.15. The fraction of sp³-hybridized carbons (Fsp3) is 0.250. The van der Waals surface area contributed by atoms with Crippen molar-refractivity contribution in [2.75, 3.05) is 0 Å². The van der Waals surface area contributed by atoms with Crippen LogP contribution in [-0.2, 0) is 16.6 Å². The molecular formula is C12H16N4O2S. The van der Waals surface area contributed by atoms with Gasteiger partial charge < -0.3 is 5.73 Å². The largest absolute Gasteiger partial charge is 0.324 e. The minimum Gasteiger partial charge on any atom is -0.324 e. The number of nitrogens with zero attached hydrogens (tertiary/aromatic N) is 1. The molecule has 0 saturated carbocycles. The van der Waals surface area contributed by atoms with Gasteiger partial charge in [-0.15, -0.1) is 0 Å². The molecule has 0 spiro atoms. The summed E-state index contributed by atoms with van der Waals surface area (Å²) in [6.45, 7) is 2.05. The highest BCUT2D eigenvalue weighted by atomic mass is 32.2. The van der Waals surface area contributed by atoms with Crippen LogP contribution in [0.2, 0.25) is 0 Å². The van der Waals surface area contributed by atoms with Crippen LogP contribution in [0, 0.1) is 0 Å². The number of hydrogen-bond acceptors (Lipinski definition) is 4. The Morgan fingerprint density at radius 2 is 2.05 bits per heavy atom. The number of sulfonamides is 1. The molecule has 2 aromatic rings. The molecule has 7 heteroatoms. The van der Waals surface area contributed by atoms with Gasteiger partial charge in [0.2, 0.25) is 10.0 Å². The van der Waals surface area contributed by atoms with Crippen molar-refractivity contribution >= 4 is 10.0 Å². The first-order valence-electron chi connectivity index (χ1n) is 5.82. The molecule has 6 nitrogen and oxygen atoms in total. The summed E-state index contributed by atoms with van der Waals surface area (Å²) >= 11 is 0. The molecule has 0 aliphatic heterocycles. The molecule has 1 aromatic carbocycles. The van der Waals surface area contributed by atoms with E-state index in [2.05, 4.69) is 14.9 Å². The summed E-state index contributed by atoms with van der Waals surface area (Å²) in [5.74, 6) is 0. The van der Waals surface area contributed by atoms with Crippen molar-refractivity contribution in [3.63, 3.8) is 0 Å². The van der Waals surface area contributed by atoms with Gasteiger partial charge in [0, 0.05) is 24.3 Å². The van der Waals surface area contributed by atoms with E-state index in [0.717, 1.165) is 11.1 Å². The predicted molar refractivity (Wildman–Crippen MR) is 71.7 cm³/mol. The summed E-state index contributed by atoms with van der Waals surface area (Å²) in [5.41, 5.74) is 7.39. The second-order valence-corrected chi connectivity index (χ2v) is 6.06. The number of nitrogens with one attached hydrogen (secondary N) is 2. The number of aromatic amines is 1. The highest BCUT2D eigenvalue weighted by Crippen LogP contribution is 2.14. The van der Waals surface area contributed by atoms with Gasteiger partial charge in [0.25, 0.3) is 0 Å². The minimum atomic E-state index is -3.51. The Hall–Kier alpha value is -1.70. The number of H-pyrrole nitrogens is 1. The Morgan fingerprint density at radius 1 is 1.37 bits per heavy atom. The second kappa shape index (κ2) is 5.52. The van der Waals surface area contributed by atoms with Crippen LogP contribution >= 0.6 is 0 Å². The molecule has 1 heterocycles. The van der Waals surface area contributed by atoms with Crippen molar-refractivity contribution in [2.45, 2.75) is 24.4 Å². The highest BCUT2D eigenvalue weighted by molar-refractivity contribution is 7.89. The van der Waals surface area contributed by atoms with Crippen LogP contribution in [0.5, 0.6) is 0 Å². The van der Waals surface area contributed by atoms with Crippen LogP contribution in [0.15, 0.2) is 41.6 Å². The van der Waals surface area contributed by atoms with Gasteiger partial charge in [0.15, 0.2) is 0 Å². The monoisotopic (exact) mass is 280 g/mol. The summed E-state index contributed by atoms with van der Waals surface area (Å²) < 4.78 is 26.6. The number of benzene rings is 1. The lowest BCUT2D eigenvalue weighted by atomic mass is 10.1. The van der Waals surface area contributed by atoms with Gasteiger partial charge >= 0.3 is 0 Å². The molecule has 102 valence electrons. The quantitative estimate of drug-likeness (QED) is 0.757. The van der Waals surface area contributed by atoms with Crippen molar-refractivity contribution in [2.24, 2.45) is 5.73 Å². The number of nitrogens with two attached hydrogens (primary N) is 1. The van der Waals surface area contributed by atoms with Gasteiger partial charge in [-0.1, -0.05) is 12.1 Å². The maximum absolute atomic E-state index is 12.0. The van der Waals surface area contributed by atoms with Gasteiger partial charge in [-0.05, 0) is 24.6 Å². The molecule has 0 radical (unpaired) electrons. The van der Waals surface area contributed by atoms with Crippen LogP contribution in [0.3, 0.4) is 0 Å². The lowest BCUT2D eigenvalue weighted by Crippen LogP contribution is -2.23. The zero-order chi connectivity index (χ0) is 13.9. The number of hydrogen-bond donors (Lipinski definition) is 3. The van der Waals surface area contributed by atoms with Crippen molar-refractivity contribution in [3.8, 4) is 0 Å². The number of aromatic nitrogens is 2. The third-order valence-electron chi connectivity index (χ3n) is 2.74. The Balaban J connectivity index is 2.10. The molecule has 2 rings (SSSR count). The van der Waals surface area contributed by atoms with Gasteiger partial charge in [0.1, 0.15) is 0 Å². The topological polar surface area (TPSA) is 101 Å². The maximum atomic E-state index is 12.0. The first kappa shape index (κ1) is 13.7. The van der Waals surface area contributed by atoms with Gasteiger partial charge in [-0.3, -0.25) is 5.10 Å². The summed E-state index contributed by atoms with van der Waals surface area (Å²) in [7, 11) is -3.51. The average Bonchev–Trinajstić information content (AvgIpc) is 2.90. The van der Waals surface area contributed by atoms with E-state index in [1.165, 1.54) is 0 Å². The van der Waals surface area contributed by atoms with E-state index in [9.17, 15) is 8.42 Å². The molecule has 1 atom stereocenters. The molecule has 4 N–H and O–H groups in total. The smallest absolute Gasteiger partial charge is 0.240 e. The molecule has 0 aliphatic rings. The van der Waals surface area contributed by atoms with E-state index < -0.39 is 10.0 Å². The first-order chi connectivity index (χ1) is 8.99. The van der Waals surface area contributed by atoms with Gasteiger partial charge in [-0.2, -0.15) is 5.10 Å². The second-order valence-electron chi connectivity index (χ2n) is 4.29. The number of rotatable bonds is 5.